The minimum atomic E-state index is -0.201. The van der Waals surface area contributed by atoms with Crippen molar-refractivity contribution in [1.29, 1.82) is 0 Å². The Labute approximate surface area is 102 Å². The van der Waals surface area contributed by atoms with Crippen LogP contribution in [0.1, 0.15) is 29.8 Å². The zero-order valence-electron chi connectivity index (χ0n) is 10.5. The van der Waals surface area contributed by atoms with Crippen molar-refractivity contribution < 1.29 is 14.6 Å². The van der Waals surface area contributed by atoms with Crippen LogP contribution in [0.25, 0.3) is 0 Å². The highest BCUT2D eigenvalue weighted by Gasteiger charge is 2.06. The van der Waals surface area contributed by atoms with Gasteiger partial charge in [-0.1, -0.05) is 6.07 Å². The van der Waals surface area contributed by atoms with Crippen molar-refractivity contribution in [1.82, 2.24) is 5.32 Å². The fraction of sp³-hybridized carbons (Fsp3) is 0.462. The van der Waals surface area contributed by atoms with E-state index < -0.39 is 0 Å². The molecule has 0 saturated carbocycles. The van der Waals surface area contributed by atoms with Crippen LogP contribution in [-0.2, 0) is 4.74 Å². The average molecular weight is 237 g/mol. The summed E-state index contributed by atoms with van der Waals surface area (Å²) in [6, 6.07) is 4.87. The molecule has 94 valence electrons. The fourth-order valence-electron chi connectivity index (χ4n) is 1.31. The van der Waals surface area contributed by atoms with Crippen LogP contribution in [0.2, 0.25) is 0 Å². The number of phenols is 1. The molecule has 0 aliphatic rings. The Hall–Kier alpha value is -1.55. The van der Waals surface area contributed by atoms with E-state index in [-0.39, 0.29) is 17.8 Å². The van der Waals surface area contributed by atoms with E-state index in [9.17, 15) is 9.90 Å². The topological polar surface area (TPSA) is 58.6 Å². The van der Waals surface area contributed by atoms with Crippen molar-refractivity contribution in [2.75, 3.05) is 13.2 Å². The molecule has 2 N–H and O–H groups in total. The summed E-state index contributed by atoms with van der Waals surface area (Å²) in [5.41, 5.74) is 1.21. The normalized spacial score (nSPS) is 10.6. The smallest absolute Gasteiger partial charge is 0.251 e. The molecular weight excluding hydrogens is 218 g/mol. The Bertz CT molecular complexity index is 388. The van der Waals surface area contributed by atoms with Gasteiger partial charge in [-0.05, 0) is 38.5 Å². The van der Waals surface area contributed by atoms with E-state index in [1.54, 1.807) is 19.1 Å². The van der Waals surface area contributed by atoms with E-state index in [1.165, 1.54) is 6.07 Å². The van der Waals surface area contributed by atoms with Crippen LogP contribution < -0.4 is 5.32 Å². The van der Waals surface area contributed by atoms with Crippen LogP contribution in [0.5, 0.6) is 5.75 Å². The Morgan fingerprint density at radius 2 is 2.18 bits per heavy atom. The summed E-state index contributed by atoms with van der Waals surface area (Å²) in [6.07, 6.45) is 0.162. The van der Waals surface area contributed by atoms with Crippen molar-refractivity contribution in [3.05, 3.63) is 29.3 Å². The summed E-state index contributed by atoms with van der Waals surface area (Å²) in [6.45, 7) is 6.63. The lowest BCUT2D eigenvalue weighted by Crippen LogP contribution is -2.28. The molecule has 0 saturated heterocycles. The molecule has 1 aromatic carbocycles. The molecule has 17 heavy (non-hydrogen) atoms. The van der Waals surface area contributed by atoms with Crippen LogP contribution in [0.4, 0.5) is 0 Å². The lowest BCUT2D eigenvalue weighted by atomic mass is 10.1. The molecule has 1 amide bonds. The third kappa shape index (κ3) is 4.44. The predicted octanol–water partition coefficient (Wildman–Crippen LogP) is 1.86. The van der Waals surface area contributed by atoms with Gasteiger partial charge in [-0.25, -0.2) is 0 Å². The lowest BCUT2D eigenvalue weighted by molar-refractivity contribution is 0.0746. The maximum Gasteiger partial charge on any atom is 0.251 e. The van der Waals surface area contributed by atoms with Gasteiger partial charge >= 0.3 is 0 Å². The van der Waals surface area contributed by atoms with Crippen molar-refractivity contribution >= 4 is 5.91 Å². The first-order valence-corrected chi connectivity index (χ1v) is 5.70. The summed E-state index contributed by atoms with van der Waals surface area (Å²) in [5, 5.41) is 12.2. The van der Waals surface area contributed by atoms with Crippen molar-refractivity contribution in [3.63, 3.8) is 0 Å². The Kier molecular flexibility index (Phi) is 4.97. The maximum atomic E-state index is 11.7. The number of hydrogen-bond donors (Lipinski definition) is 2. The second-order valence-corrected chi connectivity index (χ2v) is 4.18. The molecule has 1 rings (SSSR count). The van der Waals surface area contributed by atoms with Crippen molar-refractivity contribution in [3.8, 4) is 5.75 Å². The highest BCUT2D eigenvalue weighted by atomic mass is 16.5. The molecule has 0 atom stereocenters. The number of hydrogen-bond acceptors (Lipinski definition) is 3. The molecule has 0 fully saturated rings. The second-order valence-electron chi connectivity index (χ2n) is 4.18. The van der Waals surface area contributed by atoms with Gasteiger partial charge in [0.15, 0.2) is 0 Å². The third-order valence-electron chi connectivity index (χ3n) is 2.31. The zero-order chi connectivity index (χ0) is 12.8. The van der Waals surface area contributed by atoms with Gasteiger partial charge in [-0.15, -0.1) is 0 Å². The quantitative estimate of drug-likeness (QED) is 0.768. The molecule has 1 aromatic rings. The van der Waals surface area contributed by atoms with E-state index in [2.05, 4.69) is 5.32 Å². The maximum absolute atomic E-state index is 11.7. The average Bonchev–Trinajstić information content (AvgIpc) is 2.27. The molecule has 4 nitrogen and oxygen atoms in total. The van der Waals surface area contributed by atoms with E-state index in [4.69, 9.17) is 4.74 Å². The number of carbonyl (C=O) groups is 1. The number of aromatic hydroxyl groups is 1. The number of rotatable bonds is 5. The van der Waals surface area contributed by atoms with Gasteiger partial charge in [0.1, 0.15) is 5.75 Å². The van der Waals surface area contributed by atoms with Crippen molar-refractivity contribution in [2.45, 2.75) is 26.9 Å². The number of phenolic OH excluding ortho intramolecular Hbond substituents is 1. The zero-order valence-corrected chi connectivity index (χ0v) is 10.5. The Balaban J connectivity index is 2.44. The lowest BCUT2D eigenvalue weighted by Gasteiger charge is -2.09. The Morgan fingerprint density at radius 1 is 1.47 bits per heavy atom. The number of carbonyl (C=O) groups excluding carboxylic acids is 1. The largest absolute Gasteiger partial charge is 0.508 e. The highest BCUT2D eigenvalue weighted by Crippen LogP contribution is 2.17. The minimum Gasteiger partial charge on any atom is -0.508 e. The van der Waals surface area contributed by atoms with Crippen LogP contribution in [0, 0.1) is 6.92 Å². The summed E-state index contributed by atoms with van der Waals surface area (Å²) in [4.78, 5) is 11.7. The van der Waals surface area contributed by atoms with Crippen LogP contribution in [0.3, 0.4) is 0 Å². The van der Waals surface area contributed by atoms with Gasteiger partial charge in [0, 0.05) is 12.1 Å². The number of nitrogens with one attached hydrogen (secondary N) is 1. The first-order valence-electron chi connectivity index (χ1n) is 5.70. The molecule has 0 heterocycles. The molecule has 0 aliphatic carbocycles. The first kappa shape index (κ1) is 13.5. The molecule has 0 bridgehead atoms. The van der Waals surface area contributed by atoms with Gasteiger partial charge in [-0.3, -0.25) is 4.79 Å². The van der Waals surface area contributed by atoms with Gasteiger partial charge in [0.05, 0.1) is 12.7 Å². The highest BCUT2D eigenvalue weighted by molar-refractivity contribution is 5.94. The van der Waals surface area contributed by atoms with Crippen LogP contribution in [-0.4, -0.2) is 30.3 Å². The van der Waals surface area contributed by atoms with Crippen molar-refractivity contribution in [2.24, 2.45) is 0 Å². The summed E-state index contributed by atoms with van der Waals surface area (Å²) in [5.74, 6) is -0.0660. The van der Waals surface area contributed by atoms with E-state index >= 15 is 0 Å². The van der Waals surface area contributed by atoms with Gasteiger partial charge < -0.3 is 15.2 Å². The second kappa shape index (κ2) is 6.25. The van der Waals surface area contributed by atoms with Crippen LogP contribution in [0.15, 0.2) is 18.2 Å². The van der Waals surface area contributed by atoms with E-state index in [1.807, 2.05) is 13.8 Å². The molecule has 0 aromatic heterocycles. The van der Waals surface area contributed by atoms with Gasteiger partial charge in [0.25, 0.3) is 5.91 Å². The number of aryl methyl sites for hydroxylation is 1. The van der Waals surface area contributed by atoms with E-state index in [0.29, 0.717) is 18.7 Å². The summed E-state index contributed by atoms with van der Waals surface area (Å²) < 4.78 is 5.31. The number of ether oxygens (including phenoxy) is 1. The van der Waals surface area contributed by atoms with Crippen LogP contribution >= 0.6 is 0 Å². The SMILES string of the molecule is Cc1ccc(C(=O)NCCOC(C)C)cc1O. The predicted molar refractivity (Wildman–Crippen MR) is 66.3 cm³/mol. The minimum absolute atomic E-state index is 0.135. The summed E-state index contributed by atoms with van der Waals surface area (Å²) in [7, 11) is 0. The summed E-state index contributed by atoms with van der Waals surface area (Å²) >= 11 is 0. The third-order valence-corrected chi connectivity index (χ3v) is 2.31. The number of benzene rings is 1. The van der Waals surface area contributed by atoms with Gasteiger partial charge in [0.2, 0.25) is 0 Å². The molecule has 0 spiro atoms. The Morgan fingerprint density at radius 3 is 2.76 bits per heavy atom. The molecule has 4 heteroatoms. The molecule has 0 radical (unpaired) electrons. The monoisotopic (exact) mass is 237 g/mol. The number of amides is 1. The molecule has 0 unspecified atom stereocenters. The molecular formula is C13H19NO3. The van der Waals surface area contributed by atoms with Gasteiger partial charge in [-0.2, -0.15) is 0 Å². The molecule has 0 aliphatic heterocycles. The standard InChI is InChI=1S/C13H19NO3/c1-9(2)17-7-6-14-13(16)11-5-4-10(3)12(15)8-11/h4-5,8-9,15H,6-7H2,1-3H3,(H,14,16). The first-order chi connectivity index (χ1) is 8.00. The van der Waals surface area contributed by atoms with E-state index in [0.717, 1.165) is 5.56 Å². The fourth-order valence-corrected chi connectivity index (χ4v) is 1.31.